The minimum atomic E-state index is -0.340. The predicted molar refractivity (Wildman–Crippen MR) is 94.0 cm³/mol. The number of halogens is 3. The van der Waals surface area contributed by atoms with Crippen LogP contribution in [0.2, 0.25) is 10.0 Å². The molecule has 1 aliphatic rings. The molecule has 0 aliphatic carbocycles. The molecule has 0 aromatic heterocycles. The van der Waals surface area contributed by atoms with Crippen LogP contribution in [0.4, 0.5) is 4.39 Å². The summed E-state index contributed by atoms with van der Waals surface area (Å²) in [6, 6.07) is 11.1. The minimum Gasteiger partial charge on any atom is -0.336 e. The molecule has 1 heterocycles. The number of nitrogens with zero attached hydrogens (tertiary/aromatic N) is 2. The summed E-state index contributed by atoms with van der Waals surface area (Å²) in [7, 11) is 0. The number of carbonyl (C=O) groups excluding carboxylic acids is 1. The molecule has 1 aliphatic heterocycles. The molecule has 6 heteroatoms. The van der Waals surface area contributed by atoms with Gasteiger partial charge in [0.1, 0.15) is 5.82 Å². The van der Waals surface area contributed by atoms with Gasteiger partial charge in [-0.2, -0.15) is 0 Å². The Balaban J connectivity index is 1.59. The fraction of sp³-hybridized carbons (Fsp3) is 0.278. The lowest BCUT2D eigenvalue weighted by molar-refractivity contribution is 0.0628. The van der Waals surface area contributed by atoms with Crippen molar-refractivity contribution in [3.05, 3.63) is 69.5 Å². The maximum atomic E-state index is 13.0. The maximum absolute atomic E-state index is 13.0. The van der Waals surface area contributed by atoms with E-state index < -0.39 is 0 Å². The number of piperazine rings is 1. The number of hydrogen-bond acceptors (Lipinski definition) is 2. The zero-order valence-corrected chi connectivity index (χ0v) is 14.5. The lowest BCUT2D eigenvalue weighted by Crippen LogP contribution is -2.48. The van der Waals surface area contributed by atoms with E-state index in [0.717, 1.165) is 18.7 Å². The zero-order valence-electron chi connectivity index (χ0n) is 13.0. The first kappa shape index (κ1) is 17.2. The van der Waals surface area contributed by atoms with E-state index in [2.05, 4.69) is 4.90 Å². The molecular weight excluding hydrogens is 350 g/mol. The smallest absolute Gasteiger partial charge is 0.253 e. The Hall–Kier alpha value is -1.62. The molecule has 0 spiro atoms. The van der Waals surface area contributed by atoms with Crippen molar-refractivity contribution in [2.45, 2.75) is 6.54 Å². The molecule has 3 rings (SSSR count). The monoisotopic (exact) mass is 366 g/mol. The van der Waals surface area contributed by atoms with Crippen molar-refractivity contribution in [1.29, 1.82) is 0 Å². The van der Waals surface area contributed by atoms with Crippen molar-refractivity contribution in [2.75, 3.05) is 26.2 Å². The summed E-state index contributed by atoms with van der Waals surface area (Å²) in [5, 5.41) is 1.32. The van der Waals surface area contributed by atoms with Gasteiger partial charge in [-0.25, -0.2) is 4.39 Å². The van der Waals surface area contributed by atoms with E-state index in [1.807, 2.05) is 18.2 Å². The van der Waals surface area contributed by atoms with Gasteiger partial charge in [0, 0.05) is 53.9 Å². The second-order valence-corrected chi connectivity index (χ2v) is 6.59. The van der Waals surface area contributed by atoms with Crippen molar-refractivity contribution < 1.29 is 9.18 Å². The van der Waals surface area contributed by atoms with Crippen molar-refractivity contribution in [2.24, 2.45) is 0 Å². The number of carbonyl (C=O) groups is 1. The lowest BCUT2D eigenvalue weighted by atomic mass is 10.1. The molecule has 1 saturated heterocycles. The highest BCUT2D eigenvalue weighted by atomic mass is 35.5. The Bertz CT molecular complexity index is 708. The summed E-state index contributed by atoms with van der Waals surface area (Å²) in [6.45, 7) is 3.40. The Kier molecular flexibility index (Phi) is 5.39. The van der Waals surface area contributed by atoms with Gasteiger partial charge < -0.3 is 4.90 Å². The van der Waals surface area contributed by atoms with Crippen molar-refractivity contribution in [3.8, 4) is 0 Å². The Labute approximate surface area is 150 Å². The molecule has 24 heavy (non-hydrogen) atoms. The van der Waals surface area contributed by atoms with E-state index in [9.17, 15) is 9.18 Å². The Morgan fingerprint density at radius 3 is 2.12 bits per heavy atom. The number of benzene rings is 2. The summed E-state index contributed by atoms with van der Waals surface area (Å²) in [4.78, 5) is 16.4. The van der Waals surface area contributed by atoms with E-state index in [0.29, 0.717) is 35.2 Å². The molecule has 2 aromatic rings. The van der Waals surface area contributed by atoms with Crippen LogP contribution in [0.25, 0.3) is 0 Å². The van der Waals surface area contributed by atoms with Crippen LogP contribution in [-0.4, -0.2) is 41.9 Å². The third-order valence-corrected chi connectivity index (χ3v) is 4.90. The molecule has 0 N–H and O–H groups in total. The van der Waals surface area contributed by atoms with E-state index in [1.165, 1.54) is 24.3 Å². The number of hydrogen-bond donors (Lipinski definition) is 0. The van der Waals surface area contributed by atoms with Crippen LogP contribution in [0.15, 0.2) is 42.5 Å². The molecule has 0 radical (unpaired) electrons. The molecule has 2 aromatic carbocycles. The highest BCUT2D eigenvalue weighted by molar-refractivity contribution is 6.35. The van der Waals surface area contributed by atoms with Gasteiger partial charge in [0.15, 0.2) is 0 Å². The Morgan fingerprint density at radius 2 is 1.54 bits per heavy atom. The summed E-state index contributed by atoms with van der Waals surface area (Å²) in [6.07, 6.45) is 0. The van der Waals surface area contributed by atoms with Crippen LogP contribution in [0.5, 0.6) is 0 Å². The zero-order chi connectivity index (χ0) is 17.1. The van der Waals surface area contributed by atoms with Gasteiger partial charge in [0.2, 0.25) is 0 Å². The van der Waals surface area contributed by atoms with Gasteiger partial charge in [0.05, 0.1) is 0 Å². The van der Waals surface area contributed by atoms with E-state index in [-0.39, 0.29) is 11.7 Å². The van der Waals surface area contributed by atoms with Gasteiger partial charge in [-0.3, -0.25) is 9.69 Å². The molecule has 1 fully saturated rings. The molecule has 3 nitrogen and oxygen atoms in total. The minimum absolute atomic E-state index is 0.0644. The second-order valence-electron chi connectivity index (χ2n) is 5.78. The summed E-state index contributed by atoms with van der Waals surface area (Å²) in [5.74, 6) is -0.404. The third-order valence-electron chi connectivity index (χ3n) is 4.19. The fourth-order valence-electron chi connectivity index (χ4n) is 2.79. The van der Waals surface area contributed by atoms with Crippen LogP contribution in [-0.2, 0) is 6.54 Å². The van der Waals surface area contributed by atoms with Crippen LogP contribution in [0, 0.1) is 5.82 Å². The van der Waals surface area contributed by atoms with E-state index in [1.54, 1.807) is 4.90 Å². The van der Waals surface area contributed by atoms with Gasteiger partial charge >= 0.3 is 0 Å². The third kappa shape index (κ3) is 3.89. The van der Waals surface area contributed by atoms with Crippen LogP contribution in [0.1, 0.15) is 15.9 Å². The van der Waals surface area contributed by atoms with Gasteiger partial charge in [-0.1, -0.05) is 29.3 Å². The maximum Gasteiger partial charge on any atom is 0.253 e. The molecule has 0 atom stereocenters. The summed E-state index contributed by atoms with van der Waals surface area (Å²) in [5.41, 5.74) is 1.43. The summed E-state index contributed by atoms with van der Waals surface area (Å²) >= 11 is 12.4. The molecule has 0 bridgehead atoms. The standard InChI is InChI=1S/C18H17Cl2FN2O/c19-16-2-1-3-17(20)15(16)12-22-8-10-23(11-9-22)18(24)13-4-6-14(21)7-5-13/h1-7H,8-12H2. The largest absolute Gasteiger partial charge is 0.336 e. The second kappa shape index (κ2) is 7.51. The van der Waals surface area contributed by atoms with E-state index in [4.69, 9.17) is 23.2 Å². The Morgan fingerprint density at radius 1 is 0.958 bits per heavy atom. The van der Waals surface area contributed by atoms with Gasteiger partial charge in [-0.15, -0.1) is 0 Å². The first-order chi connectivity index (χ1) is 11.5. The quantitative estimate of drug-likeness (QED) is 0.816. The molecular formula is C18H17Cl2FN2O. The normalized spacial score (nSPS) is 15.5. The first-order valence-corrected chi connectivity index (χ1v) is 8.50. The average molecular weight is 367 g/mol. The first-order valence-electron chi connectivity index (χ1n) is 7.74. The molecule has 0 unspecified atom stereocenters. The van der Waals surface area contributed by atoms with Crippen molar-refractivity contribution in [1.82, 2.24) is 9.80 Å². The summed E-state index contributed by atoms with van der Waals surface area (Å²) < 4.78 is 13.0. The highest BCUT2D eigenvalue weighted by Crippen LogP contribution is 2.26. The SMILES string of the molecule is O=C(c1ccc(F)cc1)N1CCN(Cc2c(Cl)cccc2Cl)CC1. The van der Waals surface area contributed by atoms with Crippen LogP contribution >= 0.6 is 23.2 Å². The van der Waals surface area contributed by atoms with Crippen molar-refractivity contribution in [3.63, 3.8) is 0 Å². The molecule has 1 amide bonds. The molecule has 126 valence electrons. The fourth-order valence-corrected chi connectivity index (χ4v) is 3.31. The van der Waals surface area contributed by atoms with Crippen LogP contribution < -0.4 is 0 Å². The topological polar surface area (TPSA) is 23.6 Å². The van der Waals surface area contributed by atoms with Gasteiger partial charge in [0.25, 0.3) is 5.91 Å². The van der Waals surface area contributed by atoms with Gasteiger partial charge in [-0.05, 0) is 36.4 Å². The predicted octanol–water partition coefficient (Wildman–Crippen LogP) is 4.09. The molecule has 0 saturated carbocycles. The van der Waals surface area contributed by atoms with Crippen molar-refractivity contribution >= 4 is 29.1 Å². The lowest BCUT2D eigenvalue weighted by Gasteiger charge is -2.35. The number of rotatable bonds is 3. The average Bonchev–Trinajstić information content (AvgIpc) is 2.59. The van der Waals surface area contributed by atoms with E-state index >= 15 is 0 Å². The number of amides is 1. The highest BCUT2D eigenvalue weighted by Gasteiger charge is 2.23. The van der Waals surface area contributed by atoms with Crippen LogP contribution in [0.3, 0.4) is 0 Å².